The molecule has 1 unspecified atom stereocenters. The molecule has 3 rings (SSSR count). The van der Waals surface area contributed by atoms with Crippen LogP contribution in [0.2, 0.25) is 5.02 Å². The lowest BCUT2D eigenvalue weighted by molar-refractivity contribution is -0.119. The van der Waals surface area contributed by atoms with E-state index in [1.54, 1.807) is 24.3 Å². The maximum Gasteiger partial charge on any atom is 0.235 e. The van der Waals surface area contributed by atoms with Crippen LogP contribution in [0.5, 0.6) is 0 Å². The lowest BCUT2D eigenvalue weighted by atomic mass is 10.1. The van der Waals surface area contributed by atoms with Crippen molar-refractivity contribution in [2.24, 2.45) is 0 Å². The van der Waals surface area contributed by atoms with E-state index < -0.39 is 21.5 Å². The van der Waals surface area contributed by atoms with Crippen LogP contribution in [-0.2, 0) is 26.8 Å². The molecular formula is C18H17BrClNO3S. The maximum absolute atomic E-state index is 12.3. The van der Waals surface area contributed by atoms with Gasteiger partial charge in [0.2, 0.25) is 5.91 Å². The fourth-order valence-corrected chi connectivity index (χ4v) is 5.02. The van der Waals surface area contributed by atoms with Crippen LogP contribution in [0, 0.1) is 0 Å². The number of aryl methyl sites for hydroxylation is 1. The van der Waals surface area contributed by atoms with Crippen molar-refractivity contribution in [2.45, 2.75) is 24.6 Å². The van der Waals surface area contributed by atoms with Crippen molar-refractivity contribution in [1.29, 1.82) is 0 Å². The Bertz CT molecular complexity index is 914. The van der Waals surface area contributed by atoms with Gasteiger partial charge in [0.05, 0.1) is 11.8 Å². The Balaban J connectivity index is 1.63. The summed E-state index contributed by atoms with van der Waals surface area (Å²) in [6, 6.07) is 12.5. The summed E-state index contributed by atoms with van der Waals surface area (Å²) in [5.74, 6) is -1.14. The number of nitrogens with one attached hydrogen (secondary N) is 1. The van der Waals surface area contributed by atoms with Gasteiger partial charge in [-0.3, -0.25) is 4.79 Å². The van der Waals surface area contributed by atoms with Crippen molar-refractivity contribution in [3.63, 3.8) is 0 Å². The lowest BCUT2D eigenvalue weighted by Gasteiger charge is -2.14. The van der Waals surface area contributed by atoms with Crippen molar-refractivity contribution in [3.8, 4) is 0 Å². The fourth-order valence-electron chi connectivity index (χ4n) is 3.10. The Morgan fingerprint density at radius 3 is 2.80 bits per heavy atom. The number of sulfone groups is 1. The van der Waals surface area contributed by atoms with Crippen LogP contribution in [0.15, 0.2) is 46.9 Å². The number of rotatable bonds is 5. The SMILES string of the molecule is O=C(CS(=O)(=O)Cc1cccc(Br)c1)NC1CCc2cc(Cl)ccc21. The molecule has 0 saturated heterocycles. The van der Waals surface area contributed by atoms with Crippen LogP contribution >= 0.6 is 27.5 Å². The highest BCUT2D eigenvalue weighted by molar-refractivity contribution is 9.10. The molecule has 2 aromatic carbocycles. The van der Waals surface area contributed by atoms with Crippen LogP contribution in [0.1, 0.15) is 29.2 Å². The molecule has 0 heterocycles. The zero-order valence-electron chi connectivity index (χ0n) is 13.3. The first-order chi connectivity index (χ1) is 11.8. The Labute approximate surface area is 160 Å². The quantitative estimate of drug-likeness (QED) is 0.765. The Kier molecular flexibility index (Phi) is 5.51. The number of carbonyl (C=O) groups is 1. The molecule has 0 aliphatic heterocycles. The molecule has 132 valence electrons. The standard InChI is InChI=1S/C18H17BrClNO3S/c19-14-3-1-2-12(8-14)10-25(23,24)11-18(22)21-17-7-4-13-9-15(20)5-6-16(13)17/h1-3,5-6,8-9,17H,4,7,10-11H2,(H,21,22). The molecule has 1 N–H and O–H groups in total. The van der Waals surface area contributed by atoms with Gasteiger partial charge in [0.15, 0.2) is 9.84 Å². The first-order valence-electron chi connectivity index (χ1n) is 7.85. The number of amides is 1. The van der Waals surface area contributed by atoms with Crippen molar-refractivity contribution >= 4 is 43.3 Å². The highest BCUT2D eigenvalue weighted by Crippen LogP contribution is 2.32. The Hall–Kier alpha value is -1.37. The summed E-state index contributed by atoms with van der Waals surface area (Å²) in [7, 11) is -3.53. The minimum atomic E-state index is -3.53. The second-order valence-electron chi connectivity index (χ2n) is 6.16. The smallest absolute Gasteiger partial charge is 0.235 e. The Morgan fingerprint density at radius 1 is 1.24 bits per heavy atom. The zero-order valence-corrected chi connectivity index (χ0v) is 16.5. The number of carbonyl (C=O) groups excluding carboxylic acids is 1. The zero-order chi connectivity index (χ0) is 18.0. The normalized spacial score (nSPS) is 16.5. The molecule has 7 heteroatoms. The summed E-state index contributed by atoms with van der Waals surface area (Å²) in [5, 5.41) is 3.51. The molecule has 0 bridgehead atoms. The van der Waals surface area contributed by atoms with Gasteiger partial charge in [-0.15, -0.1) is 0 Å². The highest BCUT2D eigenvalue weighted by Gasteiger charge is 2.26. The van der Waals surface area contributed by atoms with Crippen molar-refractivity contribution in [1.82, 2.24) is 5.32 Å². The monoisotopic (exact) mass is 441 g/mol. The summed E-state index contributed by atoms with van der Waals surface area (Å²) >= 11 is 9.30. The minimum Gasteiger partial charge on any atom is -0.348 e. The largest absolute Gasteiger partial charge is 0.348 e. The molecule has 0 fully saturated rings. The van der Waals surface area contributed by atoms with Gasteiger partial charge >= 0.3 is 0 Å². The third kappa shape index (κ3) is 4.84. The Morgan fingerprint density at radius 2 is 2.04 bits per heavy atom. The topological polar surface area (TPSA) is 63.2 Å². The molecule has 1 aliphatic carbocycles. The van der Waals surface area contributed by atoms with E-state index >= 15 is 0 Å². The lowest BCUT2D eigenvalue weighted by Crippen LogP contribution is -2.33. The molecule has 0 saturated carbocycles. The summed E-state index contributed by atoms with van der Waals surface area (Å²) in [6.07, 6.45) is 1.58. The van der Waals surface area contributed by atoms with Crippen LogP contribution in [0.3, 0.4) is 0 Å². The minimum absolute atomic E-state index is 0.152. The van der Waals surface area contributed by atoms with Crippen molar-refractivity contribution in [3.05, 3.63) is 68.7 Å². The molecule has 0 spiro atoms. The first kappa shape index (κ1) is 18.4. The maximum atomic E-state index is 12.3. The van der Waals surface area contributed by atoms with Gasteiger partial charge in [-0.25, -0.2) is 8.42 Å². The van der Waals surface area contributed by atoms with E-state index in [2.05, 4.69) is 21.2 Å². The third-order valence-electron chi connectivity index (χ3n) is 4.14. The van der Waals surface area contributed by atoms with Crippen molar-refractivity contribution in [2.75, 3.05) is 5.75 Å². The second kappa shape index (κ2) is 7.48. The molecule has 25 heavy (non-hydrogen) atoms. The second-order valence-corrected chi connectivity index (χ2v) is 9.58. The van der Waals surface area contributed by atoms with Crippen LogP contribution in [-0.4, -0.2) is 20.1 Å². The molecule has 1 aliphatic rings. The predicted octanol–water partition coefficient (Wildman–Crippen LogP) is 3.82. The molecule has 2 aromatic rings. The predicted molar refractivity (Wildman–Crippen MR) is 102 cm³/mol. The van der Waals surface area contributed by atoms with E-state index in [4.69, 9.17) is 11.6 Å². The molecule has 1 amide bonds. The van der Waals surface area contributed by atoms with Gasteiger partial charge in [-0.05, 0) is 53.8 Å². The molecular weight excluding hydrogens is 426 g/mol. The van der Waals surface area contributed by atoms with Crippen LogP contribution in [0.4, 0.5) is 0 Å². The van der Waals surface area contributed by atoms with Crippen LogP contribution < -0.4 is 5.32 Å². The number of hydrogen-bond donors (Lipinski definition) is 1. The third-order valence-corrected chi connectivity index (χ3v) is 6.35. The highest BCUT2D eigenvalue weighted by atomic mass is 79.9. The molecule has 0 radical (unpaired) electrons. The fraction of sp³-hybridized carbons (Fsp3) is 0.278. The van der Waals surface area contributed by atoms with Gasteiger partial charge in [0.1, 0.15) is 5.75 Å². The molecule has 0 aromatic heterocycles. The van der Waals surface area contributed by atoms with Gasteiger partial charge in [-0.2, -0.15) is 0 Å². The van der Waals surface area contributed by atoms with Crippen molar-refractivity contribution < 1.29 is 13.2 Å². The summed E-state index contributed by atoms with van der Waals surface area (Å²) in [5.41, 5.74) is 2.78. The van der Waals surface area contributed by atoms with E-state index in [-0.39, 0.29) is 11.8 Å². The van der Waals surface area contributed by atoms with Gasteiger partial charge in [0.25, 0.3) is 0 Å². The number of hydrogen-bond acceptors (Lipinski definition) is 3. The van der Waals surface area contributed by atoms with Crippen LogP contribution in [0.25, 0.3) is 0 Å². The summed E-state index contributed by atoms with van der Waals surface area (Å²) < 4.78 is 25.4. The molecule has 4 nitrogen and oxygen atoms in total. The summed E-state index contributed by atoms with van der Waals surface area (Å²) in [4.78, 5) is 12.2. The van der Waals surface area contributed by atoms with Gasteiger partial charge < -0.3 is 5.32 Å². The van der Waals surface area contributed by atoms with Gasteiger partial charge in [-0.1, -0.05) is 45.7 Å². The number of fused-ring (bicyclic) bond motifs is 1. The number of halogens is 2. The first-order valence-corrected chi connectivity index (χ1v) is 10.8. The van der Waals surface area contributed by atoms with E-state index in [9.17, 15) is 13.2 Å². The van der Waals surface area contributed by atoms with E-state index in [1.165, 1.54) is 0 Å². The van der Waals surface area contributed by atoms with E-state index in [0.717, 1.165) is 28.4 Å². The van der Waals surface area contributed by atoms with Gasteiger partial charge in [0, 0.05) is 9.50 Å². The van der Waals surface area contributed by atoms with E-state index in [0.29, 0.717) is 10.6 Å². The van der Waals surface area contributed by atoms with E-state index in [1.807, 2.05) is 18.2 Å². The average molecular weight is 443 g/mol. The molecule has 1 atom stereocenters. The summed E-state index contributed by atoms with van der Waals surface area (Å²) in [6.45, 7) is 0. The number of benzene rings is 2. The average Bonchev–Trinajstić information content (AvgIpc) is 2.88.